The third kappa shape index (κ3) is 24.9. The van der Waals surface area contributed by atoms with Crippen LogP contribution in [0.2, 0.25) is 0 Å². The SMILES string of the molecule is CC(O)C(=O)O.CCCCCCCCN(CCCCCCCC)CC(=O)OCCN. The lowest BCUT2D eigenvalue weighted by Gasteiger charge is -2.21. The van der Waals surface area contributed by atoms with Crippen LogP contribution < -0.4 is 5.73 Å². The van der Waals surface area contributed by atoms with Crippen LogP contribution in [0.5, 0.6) is 0 Å². The molecule has 1 atom stereocenters. The first-order chi connectivity index (χ1) is 14.4. The van der Waals surface area contributed by atoms with Crippen LogP contribution in [0.1, 0.15) is 97.8 Å². The summed E-state index contributed by atoms with van der Waals surface area (Å²) in [4.78, 5) is 23.6. The summed E-state index contributed by atoms with van der Waals surface area (Å²) < 4.78 is 5.13. The number of hydrogen-bond donors (Lipinski definition) is 3. The van der Waals surface area contributed by atoms with E-state index in [9.17, 15) is 9.59 Å². The van der Waals surface area contributed by atoms with Crippen LogP contribution >= 0.6 is 0 Å². The van der Waals surface area contributed by atoms with Gasteiger partial charge in [0, 0.05) is 6.54 Å². The van der Waals surface area contributed by atoms with Crippen LogP contribution in [0.3, 0.4) is 0 Å². The van der Waals surface area contributed by atoms with Crippen molar-refractivity contribution in [2.24, 2.45) is 5.73 Å². The number of aliphatic hydroxyl groups is 1. The molecule has 0 rings (SSSR count). The zero-order valence-electron chi connectivity index (χ0n) is 19.7. The quantitative estimate of drug-likeness (QED) is 0.209. The first-order valence-corrected chi connectivity index (χ1v) is 11.9. The zero-order valence-corrected chi connectivity index (χ0v) is 19.7. The summed E-state index contributed by atoms with van der Waals surface area (Å²) >= 11 is 0. The van der Waals surface area contributed by atoms with Gasteiger partial charge in [-0.25, -0.2) is 4.79 Å². The van der Waals surface area contributed by atoms with E-state index in [2.05, 4.69) is 18.7 Å². The lowest BCUT2D eigenvalue weighted by molar-refractivity contribution is -0.146. The minimum Gasteiger partial charge on any atom is -0.479 e. The Morgan fingerprint density at radius 2 is 1.27 bits per heavy atom. The highest BCUT2D eigenvalue weighted by Crippen LogP contribution is 2.09. The minimum absolute atomic E-state index is 0.127. The predicted octanol–water partition coefficient (Wildman–Crippen LogP) is 3.96. The molecule has 0 heterocycles. The average molecular weight is 433 g/mol. The van der Waals surface area contributed by atoms with Gasteiger partial charge in [-0.05, 0) is 32.9 Å². The number of hydrogen-bond acceptors (Lipinski definition) is 6. The fourth-order valence-corrected chi connectivity index (χ4v) is 2.90. The second kappa shape index (κ2) is 24.1. The first kappa shape index (κ1) is 31.0. The number of rotatable bonds is 19. The Bertz CT molecular complexity index is 376. The predicted molar refractivity (Wildman–Crippen MR) is 123 cm³/mol. The maximum Gasteiger partial charge on any atom is 0.332 e. The summed E-state index contributed by atoms with van der Waals surface area (Å²) in [6.45, 7) is 8.87. The van der Waals surface area contributed by atoms with Crippen molar-refractivity contribution < 1.29 is 24.5 Å². The van der Waals surface area contributed by atoms with Gasteiger partial charge in [0.2, 0.25) is 0 Å². The fourth-order valence-electron chi connectivity index (χ4n) is 2.90. The van der Waals surface area contributed by atoms with Gasteiger partial charge < -0.3 is 20.7 Å². The number of aliphatic carboxylic acids is 1. The molecule has 0 amide bonds. The zero-order chi connectivity index (χ0) is 23.0. The molecule has 0 saturated heterocycles. The normalized spacial score (nSPS) is 11.7. The molecule has 0 bridgehead atoms. The molecule has 0 spiro atoms. The first-order valence-electron chi connectivity index (χ1n) is 11.9. The van der Waals surface area contributed by atoms with Crippen LogP contribution in [-0.4, -0.2) is 65.9 Å². The summed E-state index contributed by atoms with van der Waals surface area (Å²) in [5.74, 6) is -1.31. The summed E-state index contributed by atoms with van der Waals surface area (Å²) in [5.41, 5.74) is 5.39. The van der Waals surface area contributed by atoms with Crippen molar-refractivity contribution >= 4 is 11.9 Å². The largest absolute Gasteiger partial charge is 0.479 e. The van der Waals surface area contributed by atoms with Crippen molar-refractivity contribution in [3.05, 3.63) is 0 Å². The summed E-state index contributed by atoms with van der Waals surface area (Å²) in [6.07, 6.45) is 14.2. The van der Waals surface area contributed by atoms with Gasteiger partial charge in [-0.1, -0.05) is 78.1 Å². The number of aliphatic hydroxyl groups excluding tert-OH is 1. The lowest BCUT2D eigenvalue weighted by atomic mass is 10.1. The molecule has 0 fully saturated rings. The van der Waals surface area contributed by atoms with Crippen LogP contribution in [0.25, 0.3) is 0 Å². The number of carboxylic acids is 1. The van der Waals surface area contributed by atoms with Crippen molar-refractivity contribution in [1.29, 1.82) is 0 Å². The van der Waals surface area contributed by atoms with Crippen molar-refractivity contribution in [2.45, 2.75) is 104 Å². The van der Waals surface area contributed by atoms with E-state index in [1.54, 1.807) is 0 Å². The maximum absolute atomic E-state index is 11.8. The second-order valence-electron chi connectivity index (χ2n) is 7.84. The Balaban J connectivity index is 0. The molecule has 0 aromatic carbocycles. The Labute approximate surface area is 184 Å². The number of carbonyl (C=O) groups is 2. The second-order valence-corrected chi connectivity index (χ2v) is 7.84. The van der Waals surface area contributed by atoms with Crippen molar-refractivity contribution in [1.82, 2.24) is 4.90 Å². The van der Waals surface area contributed by atoms with Gasteiger partial charge >= 0.3 is 11.9 Å². The Hall–Kier alpha value is -1.18. The van der Waals surface area contributed by atoms with Crippen molar-refractivity contribution in [3.8, 4) is 0 Å². The molecule has 0 radical (unpaired) electrons. The average Bonchev–Trinajstić information content (AvgIpc) is 2.71. The van der Waals surface area contributed by atoms with Crippen molar-refractivity contribution in [2.75, 3.05) is 32.8 Å². The van der Waals surface area contributed by atoms with Crippen LogP contribution in [-0.2, 0) is 14.3 Å². The number of ether oxygens (including phenoxy) is 1. The standard InChI is InChI=1S/C20H42N2O2.C3H6O3/c1-3-5-7-9-11-13-16-22(19-20(23)24-18-15-21)17-14-12-10-8-6-4-2;1-2(4)3(5)6/h3-19,21H2,1-2H3;2,4H,1H3,(H,5,6). The van der Waals surface area contributed by atoms with E-state index in [4.69, 9.17) is 20.7 Å². The highest BCUT2D eigenvalue weighted by atomic mass is 16.5. The molecule has 0 aliphatic rings. The maximum atomic E-state index is 11.8. The highest BCUT2D eigenvalue weighted by molar-refractivity contribution is 5.71. The van der Waals surface area contributed by atoms with E-state index in [-0.39, 0.29) is 5.97 Å². The van der Waals surface area contributed by atoms with E-state index in [0.29, 0.717) is 19.7 Å². The number of nitrogens with two attached hydrogens (primary N) is 1. The van der Waals surface area contributed by atoms with E-state index in [1.165, 1.54) is 84.0 Å². The molecule has 1 unspecified atom stereocenters. The fraction of sp³-hybridized carbons (Fsp3) is 0.913. The van der Waals surface area contributed by atoms with Crippen LogP contribution in [0.4, 0.5) is 0 Å². The van der Waals surface area contributed by atoms with E-state index >= 15 is 0 Å². The van der Waals surface area contributed by atoms with Gasteiger partial charge in [-0.15, -0.1) is 0 Å². The Morgan fingerprint density at radius 3 is 1.63 bits per heavy atom. The lowest BCUT2D eigenvalue weighted by Crippen LogP contribution is -2.33. The van der Waals surface area contributed by atoms with E-state index in [0.717, 1.165) is 13.1 Å². The summed E-state index contributed by atoms with van der Waals surface area (Å²) in [6, 6.07) is 0. The number of esters is 1. The molecule has 4 N–H and O–H groups in total. The summed E-state index contributed by atoms with van der Waals surface area (Å²) in [5, 5.41) is 15.8. The molecule has 0 aliphatic carbocycles. The molecule has 180 valence electrons. The Morgan fingerprint density at radius 1 is 0.867 bits per heavy atom. The summed E-state index contributed by atoms with van der Waals surface area (Å²) in [7, 11) is 0. The van der Waals surface area contributed by atoms with Gasteiger partial charge in [0.25, 0.3) is 0 Å². The number of carbonyl (C=O) groups excluding carboxylic acids is 1. The topological polar surface area (TPSA) is 113 Å². The van der Waals surface area contributed by atoms with Crippen molar-refractivity contribution in [3.63, 3.8) is 0 Å². The molecular weight excluding hydrogens is 384 g/mol. The van der Waals surface area contributed by atoms with Gasteiger partial charge in [-0.2, -0.15) is 0 Å². The number of unbranched alkanes of at least 4 members (excludes halogenated alkanes) is 10. The van der Waals surface area contributed by atoms with Gasteiger partial charge in [-0.3, -0.25) is 9.69 Å². The van der Waals surface area contributed by atoms with E-state index in [1.807, 2.05) is 0 Å². The molecule has 7 heteroatoms. The molecule has 30 heavy (non-hydrogen) atoms. The van der Waals surface area contributed by atoms with Gasteiger partial charge in [0.1, 0.15) is 12.7 Å². The minimum atomic E-state index is -1.23. The van der Waals surface area contributed by atoms with E-state index < -0.39 is 12.1 Å². The highest BCUT2D eigenvalue weighted by Gasteiger charge is 2.11. The van der Waals surface area contributed by atoms with Crippen LogP contribution in [0.15, 0.2) is 0 Å². The third-order valence-corrected chi connectivity index (χ3v) is 4.75. The number of carboxylic acid groups (broad SMARTS) is 1. The smallest absolute Gasteiger partial charge is 0.332 e. The van der Waals surface area contributed by atoms with Crippen LogP contribution in [0, 0.1) is 0 Å². The third-order valence-electron chi connectivity index (χ3n) is 4.75. The molecule has 0 saturated carbocycles. The molecule has 7 nitrogen and oxygen atoms in total. The molecule has 0 aromatic heterocycles. The van der Waals surface area contributed by atoms with Gasteiger partial charge in [0.15, 0.2) is 0 Å². The van der Waals surface area contributed by atoms with Gasteiger partial charge in [0.05, 0.1) is 6.54 Å². The molecule has 0 aromatic rings. The number of nitrogens with zero attached hydrogens (tertiary/aromatic N) is 1. The molecule has 0 aliphatic heterocycles. The molecular formula is C23H48N2O5. The Kier molecular flexibility index (Phi) is 24.9. The monoisotopic (exact) mass is 432 g/mol.